The predicted molar refractivity (Wildman–Crippen MR) is 154 cm³/mol. The van der Waals surface area contributed by atoms with Gasteiger partial charge in [-0.2, -0.15) is 0 Å². The summed E-state index contributed by atoms with van der Waals surface area (Å²) in [6.07, 6.45) is -0.298. The Labute approximate surface area is 244 Å². The number of carboxylic acid groups (broad SMARTS) is 1. The summed E-state index contributed by atoms with van der Waals surface area (Å²) in [6.45, 7) is 4.74. The fraction of sp³-hybridized carbons (Fsp3) is 0.433. The summed E-state index contributed by atoms with van der Waals surface area (Å²) >= 11 is 0. The number of nitrogens with one attached hydrogen (secondary N) is 4. The first-order valence-electron chi connectivity index (χ1n) is 13.8. The van der Waals surface area contributed by atoms with Crippen molar-refractivity contribution in [2.45, 2.75) is 57.6 Å². The van der Waals surface area contributed by atoms with Crippen LogP contribution in [0.25, 0.3) is 11.1 Å². The topological polar surface area (TPSA) is 172 Å². The highest BCUT2D eigenvalue weighted by Crippen LogP contribution is 2.44. The Bertz CT molecular complexity index is 1240. The minimum Gasteiger partial charge on any atom is -0.480 e. The first kappa shape index (κ1) is 31.9. The molecule has 0 saturated carbocycles. The Morgan fingerprint density at radius 2 is 1.40 bits per heavy atom. The van der Waals surface area contributed by atoms with Gasteiger partial charge >= 0.3 is 18.2 Å². The minimum atomic E-state index is -1.22. The number of benzene rings is 2. The van der Waals surface area contributed by atoms with Crippen LogP contribution in [0.2, 0.25) is 0 Å². The Hall–Kier alpha value is -4.61. The Morgan fingerprint density at radius 3 is 2.00 bits per heavy atom. The molecule has 1 unspecified atom stereocenters. The maximum atomic E-state index is 12.2. The smallest absolute Gasteiger partial charge is 0.407 e. The Balaban J connectivity index is 1.32. The zero-order chi connectivity index (χ0) is 30.7. The van der Waals surface area contributed by atoms with E-state index in [9.17, 15) is 29.1 Å². The van der Waals surface area contributed by atoms with E-state index in [2.05, 4.69) is 21.3 Å². The molecule has 0 saturated heterocycles. The molecule has 5 N–H and O–H groups in total. The van der Waals surface area contributed by atoms with Crippen LogP contribution in [0.5, 0.6) is 0 Å². The number of rotatable bonds is 13. The van der Waals surface area contributed by atoms with Crippen molar-refractivity contribution in [3.05, 3.63) is 59.7 Å². The molecule has 3 rings (SSSR count). The van der Waals surface area contributed by atoms with Crippen LogP contribution in [0.15, 0.2) is 48.5 Å². The van der Waals surface area contributed by atoms with Gasteiger partial charge in [0.05, 0.1) is 6.54 Å². The molecule has 0 spiro atoms. The number of hydrogen-bond donors (Lipinski definition) is 5. The first-order chi connectivity index (χ1) is 19.9. The molecule has 0 aromatic heterocycles. The van der Waals surface area contributed by atoms with E-state index in [-0.39, 0.29) is 18.9 Å². The molecule has 12 nitrogen and oxygen atoms in total. The van der Waals surface area contributed by atoms with E-state index in [0.717, 1.165) is 22.3 Å². The molecule has 0 aliphatic heterocycles. The number of hydrogen-bond acceptors (Lipinski definition) is 7. The van der Waals surface area contributed by atoms with Crippen molar-refractivity contribution in [2.24, 2.45) is 0 Å². The molecule has 2 aromatic rings. The standard InChI is InChI=1S/C30H38N4O8/c1-30(2,3)42-29(40)31-15-9-8-14-24(27(37)38)34-26(36)17-32-25(35)16-33-28(39)41-18-23-21-12-6-4-10-19(21)20-11-5-7-13-22(20)23/h4-7,10-13,23-24H,8-9,14-18H2,1-3H3,(H,31,40)(H,32,35)(H,33,39)(H,34,36)(H,37,38). The predicted octanol–water partition coefficient (Wildman–Crippen LogP) is 2.91. The maximum Gasteiger partial charge on any atom is 0.407 e. The van der Waals surface area contributed by atoms with Crippen molar-refractivity contribution in [1.82, 2.24) is 21.3 Å². The van der Waals surface area contributed by atoms with Crippen LogP contribution < -0.4 is 21.3 Å². The maximum absolute atomic E-state index is 12.2. The summed E-state index contributed by atoms with van der Waals surface area (Å²) in [5.41, 5.74) is 3.70. The average molecular weight is 583 g/mol. The normalized spacial score (nSPS) is 12.7. The number of amides is 4. The van der Waals surface area contributed by atoms with E-state index in [0.29, 0.717) is 19.4 Å². The van der Waals surface area contributed by atoms with Crippen molar-refractivity contribution < 1.29 is 38.6 Å². The van der Waals surface area contributed by atoms with Crippen molar-refractivity contribution in [3.63, 3.8) is 0 Å². The minimum absolute atomic E-state index is 0.0948. The van der Waals surface area contributed by atoms with E-state index < -0.39 is 54.7 Å². The van der Waals surface area contributed by atoms with E-state index in [1.54, 1.807) is 20.8 Å². The second-order valence-electron chi connectivity index (χ2n) is 10.8. The monoisotopic (exact) mass is 582 g/mol. The van der Waals surface area contributed by atoms with Gasteiger partial charge in [-0.05, 0) is 62.3 Å². The number of fused-ring (bicyclic) bond motifs is 3. The molecule has 226 valence electrons. The van der Waals surface area contributed by atoms with Crippen LogP contribution >= 0.6 is 0 Å². The van der Waals surface area contributed by atoms with Gasteiger partial charge in [-0.15, -0.1) is 0 Å². The zero-order valence-corrected chi connectivity index (χ0v) is 24.0. The Kier molecular flexibility index (Phi) is 11.3. The number of carboxylic acids is 1. The highest BCUT2D eigenvalue weighted by atomic mass is 16.6. The quantitative estimate of drug-likeness (QED) is 0.224. The molecule has 0 fully saturated rings. The van der Waals surface area contributed by atoms with Gasteiger partial charge < -0.3 is 35.8 Å². The molecule has 42 heavy (non-hydrogen) atoms. The van der Waals surface area contributed by atoms with Crippen LogP contribution in [0.3, 0.4) is 0 Å². The average Bonchev–Trinajstić information content (AvgIpc) is 3.25. The van der Waals surface area contributed by atoms with Gasteiger partial charge in [-0.1, -0.05) is 48.5 Å². The number of aliphatic carboxylic acids is 1. The molecular formula is C30H38N4O8. The second kappa shape index (κ2) is 14.9. The lowest BCUT2D eigenvalue weighted by atomic mass is 9.98. The molecule has 12 heteroatoms. The number of ether oxygens (including phenoxy) is 2. The molecule has 0 radical (unpaired) electrons. The summed E-state index contributed by atoms with van der Waals surface area (Å²) in [6, 6.07) is 14.7. The largest absolute Gasteiger partial charge is 0.480 e. The van der Waals surface area contributed by atoms with Gasteiger partial charge in [0, 0.05) is 12.5 Å². The van der Waals surface area contributed by atoms with Crippen LogP contribution in [0.4, 0.5) is 9.59 Å². The summed E-state index contributed by atoms with van der Waals surface area (Å²) < 4.78 is 10.5. The van der Waals surface area contributed by atoms with Crippen LogP contribution in [0, 0.1) is 0 Å². The van der Waals surface area contributed by atoms with Crippen molar-refractivity contribution in [3.8, 4) is 11.1 Å². The van der Waals surface area contributed by atoms with E-state index in [4.69, 9.17) is 9.47 Å². The third kappa shape index (κ3) is 9.79. The van der Waals surface area contributed by atoms with Crippen molar-refractivity contribution in [2.75, 3.05) is 26.2 Å². The first-order valence-corrected chi connectivity index (χ1v) is 13.8. The van der Waals surface area contributed by atoms with Gasteiger partial charge in [-0.3, -0.25) is 9.59 Å². The van der Waals surface area contributed by atoms with Gasteiger partial charge in [-0.25, -0.2) is 14.4 Å². The molecular weight excluding hydrogens is 544 g/mol. The molecule has 4 amide bonds. The summed E-state index contributed by atoms with van der Waals surface area (Å²) in [5.74, 6) is -2.67. The lowest BCUT2D eigenvalue weighted by Crippen LogP contribution is -2.47. The van der Waals surface area contributed by atoms with Crippen LogP contribution in [-0.4, -0.2) is 73.0 Å². The molecule has 1 aliphatic rings. The number of carbonyl (C=O) groups is 5. The van der Waals surface area contributed by atoms with Crippen LogP contribution in [-0.2, 0) is 23.9 Å². The van der Waals surface area contributed by atoms with Gasteiger partial charge in [0.1, 0.15) is 24.8 Å². The fourth-order valence-corrected chi connectivity index (χ4v) is 4.52. The highest BCUT2D eigenvalue weighted by molar-refractivity contribution is 5.89. The summed E-state index contributed by atoms with van der Waals surface area (Å²) in [4.78, 5) is 59.7. The van der Waals surface area contributed by atoms with Gasteiger partial charge in [0.25, 0.3) is 0 Å². The van der Waals surface area contributed by atoms with Crippen LogP contribution in [0.1, 0.15) is 57.1 Å². The van der Waals surface area contributed by atoms with E-state index in [1.807, 2.05) is 48.5 Å². The SMILES string of the molecule is CC(C)(C)OC(=O)NCCCCC(NC(=O)CNC(=O)CNC(=O)OCC1c2ccccc2-c2ccccc21)C(=O)O. The fourth-order valence-electron chi connectivity index (χ4n) is 4.52. The number of alkyl carbamates (subject to hydrolysis) is 2. The molecule has 2 aromatic carbocycles. The molecule has 0 bridgehead atoms. The van der Waals surface area contributed by atoms with Gasteiger partial charge in [0.2, 0.25) is 11.8 Å². The van der Waals surface area contributed by atoms with Gasteiger partial charge in [0.15, 0.2) is 0 Å². The third-order valence-electron chi connectivity index (χ3n) is 6.40. The number of unbranched alkanes of at least 4 members (excludes halogenated alkanes) is 1. The summed E-state index contributed by atoms with van der Waals surface area (Å²) in [7, 11) is 0. The lowest BCUT2D eigenvalue weighted by Gasteiger charge is -2.19. The molecule has 1 atom stereocenters. The van der Waals surface area contributed by atoms with Crippen molar-refractivity contribution >= 4 is 30.0 Å². The summed E-state index contributed by atoms with van der Waals surface area (Å²) in [5, 5.41) is 19.0. The third-order valence-corrected chi connectivity index (χ3v) is 6.40. The Morgan fingerprint density at radius 1 is 0.810 bits per heavy atom. The lowest BCUT2D eigenvalue weighted by molar-refractivity contribution is -0.142. The van der Waals surface area contributed by atoms with E-state index >= 15 is 0 Å². The highest BCUT2D eigenvalue weighted by Gasteiger charge is 2.29. The van der Waals surface area contributed by atoms with Crippen molar-refractivity contribution in [1.29, 1.82) is 0 Å². The molecule has 0 heterocycles. The number of carbonyl (C=O) groups excluding carboxylic acids is 4. The second-order valence-corrected chi connectivity index (χ2v) is 10.8. The zero-order valence-electron chi connectivity index (χ0n) is 24.0. The molecule has 1 aliphatic carbocycles. The van der Waals surface area contributed by atoms with E-state index in [1.165, 1.54) is 0 Å².